The number of aliphatic hydroxyl groups excluding tert-OH is 1. The molecule has 0 amide bonds. The Balaban J connectivity index is 1.59. The summed E-state index contributed by atoms with van der Waals surface area (Å²) in [7, 11) is 0. The first kappa shape index (κ1) is 12.0. The minimum Gasteiger partial charge on any atom is -0.392 e. The maximum Gasteiger partial charge on any atom is 0.0621 e. The molecular weight excluding hydrogens is 210 g/mol. The SMILES string of the molecule is CC1(C)C(O)CC1NC1CCC12CCCCC2. The maximum atomic E-state index is 9.81. The van der Waals surface area contributed by atoms with Gasteiger partial charge in [0.25, 0.3) is 0 Å². The molecular formula is C15H27NO. The average Bonchev–Trinajstić information content (AvgIpc) is 2.33. The third kappa shape index (κ3) is 1.76. The van der Waals surface area contributed by atoms with Crippen molar-refractivity contribution in [2.45, 2.75) is 83.4 Å². The van der Waals surface area contributed by atoms with Gasteiger partial charge < -0.3 is 10.4 Å². The van der Waals surface area contributed by atoms with Gasteiger partial charge in [-0.05, 0) is 37.5 Å². The predicted molar refractivity (Wildman–Crippen MR) is 69.9 cm³/mol. The minimum atomic E-state index is -0.0950. The summed E-state index contributed by atoms with van der Waals surface area (Å²) >= 11 is 0. The van der Waals surface area contributed by atoms with E-state index in [4.69, 9.17) is 0 Å². The topological polar surface area (TPSA) is 32.3 Å². The van der Waals surface area contributed by atoms with Crippen LogP contribution in [0, 0.1) is 10.8 Å². The van der Waals surface area contributed by atoms with Crippen LogP contribution in [0.5, 0.6) is 0 Å². The summed E-state index contributed by atoms with van der Waals surface area (Å²) < 4.78 is 0. The van der Waals surface area contributed by atoms with Crippen LogP contribution < -0.4 is 5.32 Å². The lowest BCUT2D eigenvalue weighted by Crippen LogP contribution is -2.66. The summed E-state index contributed by atoms with van der Waals surface area (Å²) in [5.41, 5.74) is 0.736. The lowest BCUT2D eigenvalue weighted by Gasteiger charge is -2.58. The first-order chi connectivity index (χ1) is 8.05. The van der Waals surface area contributed by atoms with E-state index in [2.05, 4.69) is 19.2 Å². The molecule has 3 rings (SSSR count). The van der Waals surface area contributed by atoms with Crippen molar-refractivity contribution >= 4 is 0 Å². The van der Waals surface area contributed by atoms with Crippen molar-refractivity contribution in [3.05, 3.63) is 0 Å². The van der Waals surface area contributed by atoms with Crippen LogP contribution in [0.3, 0.4) is 0 Å². The smallest absolute Gasteiger partial charge is 0.0621 e. The van der Waals surface area contributed by atoms with Crippen molar-refractivity contribution in [1.82, 2.24) is 5.32 Å². The number of hydrogen-bond donors (Lipinski definition) is 2. The van der Waals surface area contributed by atoms with E-state index in [0.717, 1.165) is 12.5 Å². The van der Waals surface area contributed by atoms with Crippen LogP contribution >= 0.6 is 0 Å². The van der Waals surface area contributed by atoms with Gasteiger partial charge in [-0.1, -0.05) is 33.1 Å². The second-order valence-electron chi connectivity index (χ2n) is 7.31. The van der Waals surface area contributed by atoms with Crippen LogP contribution in [0.25, 0.3) is 0 Å². The van der Waals surface area contributed by atoms with Gasteiger partial charge in [0.2, 0.25) is 0 Å². The standard InChI is InChI=1S/C15H27NO/c1-14(2)12(10-13(14)17)16-11-6-9-15(11)7-4-3-5-8-15/h11-13,16-17H,3-10H2,1-2H3. The van der Waals surface area contributed by atoms with E-state index in [9.17, 15) is 5.11 Å². The molecule has 0 aliphatic heterocycles. The van der Waals surface area contributed by atoms with E-state index in [1.165, 1.54) is 44.9 Å². The molecule has 3 saturated carbocycles. The van der Waals surface area contributed by atoms with E-state index >= 15 is 0 Å². The first-order valence-electron chi connectivity index (χ1n) is 7.49. The van der Waals surface area contributed by atoms with Gasteiger partial charge in [-0.25, -0.2) is 0 Å². The maximum absolute atomic E-state index is 9.81. The van der Waals surface area contributed by atoms with Crippen LogP contribution in [-0.4, -0.2) is 23.3 Å². The summed E-state index contributed by atoms with van der Waals surface area (Å²) in [4.78, 5) is 0. The van der Waals surface area contributed by atoms with Crippen LogP contribution in [0.1, 0.15) is 65.2 Å². The Morgan fingerprint density at radius 1 is 1.00 bits per heavy atom. The molecule has 98 valence electrons. The highest BCUT2D eigenvalue weighted by Crippen LogP contribution is 2.53. The normalized spacial score (nSPS) is 42.9. The number of aliphatic hydroxyl groups is 1. The summed E-state index contributed by atoms with van der Waals surface area (Å²) in [6, 6.07) is 1.29. The molecule has 3 unspecified atom stereocenters. The van der Waals surface area contributed by atoms with Crippen LogP contribution in [-0.2, 0) is 0 Å². The Morgan fingerprint density at radius 3 is 2.18 bits per heavy atom. The highest BCUT2D eigenvalue weighted by molar-refractivity contribution is 5.08. The van der Waals surface area contributed by atoms with E-state index in [-0.39, 0.29) is 11.5 Å². The number of nitrogens with one attached hydrogen (secondary N) is 1. The van der Waals surface area contributed by atoms with Gasteiger partial charge in [-0.3, -0.25) is 0 Å². The Morgan fingerprint density at radius 2 is 1.71 bits per heavy atom. The monoisotopic (exact) mass is 237 g/mol. The van der Waals surface area contributed by atoms with Crippen LogP contribution in [0.2, 0.25) is 0 Å². The molecule has 0 radical (unpaired) electrons. The van der Waals surface area contributed by atoms with Crippen molar-refractivity contribution in [2.75, 3.05) is 0 Å². The van der Waals surface area contributed by atoms with Crippen molar-refractivity contribution < 1.29 is 5.11 Å². The number of hydrogen-bond acceptors (Lipinski definition) is 2. The molecule has 3 aliphatic carbocycles. The van der Waals surface area contributed by atoms with Crippen molar-refractivity contribution in [2.24, 2.45) is 10.8 Å². The molecule has 0 aromatic carbocycles. The summed E-state index contributed by atoms with van der Waals surface area (Å²) in [5, 5.41) is 13.7. The third-order valence-corrected chi connectivity index (χ3v) is 6.14. The molecule has 0 bridgehead atoms. The van der Waals surface area contributed by atoms with E-state index in [1.54, 1.807) is 0 Å². The van der Waals surface area contributed by atoms with Gasteiger partial charge >= 0.3 is 0 Å². The Labute approximate surface area is 105 Å². The molecule has 0 aromatic heterocycles. The third-order valence-electron chi connectivity index (χ3n) is 6.14. The van der Waals surface area contributed by atoms with Crippen molar-refractivity contribution in [3.63, 3.8) is 0 Å². The van der Waals surface area contributed by atoms with E-state index in [1.807, 2.05) is 0 Å². The predicted octanol–water partition coefficient (Wildman–Crippen LogP) is 2.85. The largest absolute Gasteiger partial charge is 0.392 e. The van der Waals surface area contributed by atoms with Crippen molar-refractivity contribution in [3.8, 4) is 0 Å². The van der Waals surface area contributed by atoms with Gasteiger partial charge in [0.1, 0.15) is 0 Å². The molecule has 0 heterocycles. The minimum absolute atomic E-state index is 0.0887. The lowest BCUT2D eigenvalue weighted by atomic mass is 9.56. The zero-order valence-corrected chi connectivity index (χ0v) is 11.3. The molecule has 3 atom stereocenters. The summed E-state index contributed by atoms with van der Waals surface area (Å²) in [5.74, 6) is 0. The molecule has 3 aliphatic rings. The molecule has 1 spiro atoms. The van der Waals surface area contributed by atoms with Crippen LogP contribution in [0.4, 0.5) is 0 Å². The summed E-state index contributed by atoms with van der Waals surface area (Å²) in [6.45, 7) is 4.40. The molecule has 2 N–H and O–H groups in total. The fraction of sp³-hybridized carbons (Fsp3) is 1.00. The van der Waals surface area contributed by atoms with E-state index < -0.39 is 0 Å². The Hall–Kier alpha value is -0.0800. The highest BCUT2D eigenvalue weighted by atomic mass is 16.3. The van der Waals surface area contributed by atoms with Gasteiger partial charge in [-0.15, -0.1) is 0 Å². The van der Waals surface area contributed by atoms with E-state index in [0.29, 0.717) is 11.5 Å². The van der Waals surface area contributed by atoms with Gasteiger partial charge in [0, 0.05) is 17.5 Å². The van der Waals surface area contributed by atoms with Gasteiger partial charge in [0.05, 0.1) is 6.10 Å². The zero-order chi connectivity index (χ0) is 12.1. The first-order valence-corrected chi connectivity index (χ1v) is 7.49. The van der Waals surface area contributed by atoms with Crippen molar-refractivity contribution in [1.29, 1.82) is 0 Å². The average molecular weight is 237 g/mol. The molecule has 3 fully saturated rings. The number of rotatable bonds is 2. The second-order valence-corrected chi connectivity index (χ2v) is 7.31. The Bertz CT molecular complexity index is 293. The van der Waals surface area contributed by atoms with Gasteiger partial charge in [-0.2, -0.15) is 0 Å². The molecule has 0 saturated heterocycles. The Kier molecular flexibility index (Phi) is 2.79. The lowest BCUT2D eigenvalue weighted by molar-refractivity contribution is -0.0952. The highest BCUT2D eigenvalue weighted by Gasteiger charge is 2.52. The summed E-state index contributed by atoms with van der Waals surface area (Å²) in [6.07, 6.45) is 10.9. The quantitative estimate of drug-likeness (QED) is 0.774. The van der Waals surface area contributed by atoms with Crippen LogP contribution in [0.15, 0.2) is 0 Å². The molecule has 2 heteroatoms. The fourth-order valence-electron chi connectivity index (χ4n) is 4.24. The molecule has 17 heavy (non-hydrogen) atoms. The molecule has 2 nitrogen and oxygen atoms in total. The second kappa shape index (κ2) is 3.96. The zero-order valence-electron chi connectivity index (χ0n) is 11.3. The fourth-order valence-corrected chi connectivity index (χ4v) is 4.24. The molecule has 0 aromatic rings. The van der Waals surface area contributed by atoms with Gasteiger partial charge in [0.15, 0.2) is 0 Å².